The first-order chi connectivity index (χ1) is 11.1. The fourth-order valence-corrected chi connectivity index (χ4v) is 2.58. The van der Waals surface area contributed by atoms with Crippen LogP contribution in [0.3, 0.4) is 0 Å². The quantitative estimate of drug-likeness (QED) is 0.848. The SMILES string of the molecule is C[C@@H](c1ccccc1)[C@H](CC(=O)[O-])C(=O)NCc1ccccc1. The van der Waals surface area contributed by atoms with E-state index in [1.54, 1.807) is 0 Å². The first-order valence-electron chi connectivity index (χ1n) is 7.64. The molecule has 0 aromatic heterocycles. The largest absolute Gasteiger partial charge is 0.550 e. The maximum absolute atomic E-state index is 12.5. The van der Waals surface area contributed by atoms with E-state index in [0.29, 0.717) is 6.54 Å². The fraction of sp³-hybridized carbons (Fsp3) is 0.263. The average molecular weight is 310 g/mol. The lowest BCUT2D eigenvalue weighted by atomic mass is 9.84. The lowest BCUT2D eigenvalue weighted by molar-refractivity contribution is -0.306. The number of amides is 1. The predicted molar refractivity (Wildman–Crippen MR) is 86.3 cm³/mol. The minimum absolute atomic E-state index is 0.204. The first kappa shape index (κ1) is 16.7. The van der Waals surface area contributed by atoms with Gasteiger partial charge in [-0.15, -0.1) is 0 Å². The summed E-state index contributed by atoms with van der Waals surface area (Å²) in [4.78, 5) is 23.5. The number of carboxylic acid groups (broad SMARTS) is 1. The third kappa shape index (κ3) is 4.95. The summed E-state index contributed by atoms with van der Waals surface area (Å²) in [6, 6.07) is 19.0. The van der Waals surface area contributed by atoms with Crippen LogP contribution in [0.25, 0.3) is 0 Å². The highest BCUT2D eigenvalue weighted by atomic mass is 16.4. The van der Waals surface area contributed by atoms with Gasteiger partial charge in [0.15, 0.2) is 0 Å². The molecule has 2 aromatic rings. The van der Waals surface area contributed by atoms with Gasteiger partial charge >= 0.3 is 0 Å². The number of hydrogen-bond acceptors (Lipinski definition) is 3. The van der Waals surface area contributed by atoms with Gasteiger partial charge in [0.2, 0.25) is 5.91 Å². The Morgan fingerprint density at radius 1 is 1.00 bits per heavy atom. The van der Waals surface area contributed by atoms with E-state index in [0.717, 1.165) is 11.1 Å². The van der Waals surface area contributed by atoms with E-state index in [1.807, 2.05) is 67.6 Å². The van der Waals surface area contributed by atoms with Crippen LogP contribution in [0.5, 0.6) is 0 Å². The molecule has 0 aliphatic heterocycles. The van der Waals surface area contributed by atoms with Gasteiger partial charge in [0.25, 0.3) is 0 Å². The fourth-order valence-electron chi connectivity index (χ4n) is 2.58. The Kier molecular flexibility index (Phi) is 5.92. The van der Waals surface area contributed by atoms with Crippen LogP contribution in [0.4, 0.5) is 0 Å². The van der Waals surface area contributed by atoms with E-state index < -0.39 is 11.9 Å². The van der Waals surface area contributed by atoms with Crippen molar-refractivity contribution >= 4 is 11.9 Å². The number of rotatable bonds is 7. The van der Waals surface area contributed by atoms with E-state index in [-0.39, 0.29) is 18.2 Å². The minimum Gasteiger partial charge on any atom is -0.550 e. The Labute approximate surface area is 136 Å². The number of nitrogens with one attached hydrogen (secondary N) is 1. The van der Waals surface area contributed by atoms with Gasteiger partial charge in [-0.1, -0.05) is 67.6 Å². The molecule has 0 saturated carbocycles. The van der Waals surface area contributed by atoms with Crippen molar-refractivity contribution in [1.82, 2.24) is 5.32 Å². The van der Waals surface area contributed by atoms with Crippen molar-refractivity contribution in [2.45, 2.75) is 25.8 Å². The minimum atomic E-state index is -1.22. The monoisotopic (exact) mass is 310 g/mol. The Hall–Kier alpha value is -2.62. The van der Waals surface area contributed by atoms with Gasteiger partial charge in [-0.25, -0.2) is 0 Å². The number of benzene rings is 2. The van der Waals surface area contributed by atoms with Gasteiger partial charge < -0.3 is 15.2 Å². The highest BCUT2D eigenvalue weighted by molar-refractivity contribution is 5.83. The number of carboxylic acids is 1. The lowest BCUT2D eigenvalue weighted by Gasteiger charge is -2.24. The molecule has 120 valence electrons. The van der Waals surface area contributed by atoms with E-state index in [1.165, 1.54) is 0 Å². The number of aliphatic carboxylic acids is 1. The lowest BCUT2D eigenvalue weighted by Crippen LogP contribution is -2.37. The van der Waals surface area contributed by atoms with Crippen LogP contribution in [0.15, 0.2) is 60.7 Å². The van der Waals surface area contributed by atoms with Crippen LogP contribution in [-0.2, 0) is 16.1 Å². The smallest absolute Gasteiger partial charge is 0.224 e. The molecule has 23 heavy (non-hydrogen) atoms. The molecule has 2 rings (SSSR count). The molecule has 0 spiro atoms. The van der Waals surface area contributed by atoms with Crippen LogP contribution in [0, 0.1) is 5.92 Å². The van der Waals surface area contributed by atoms with Gasteiger partial charge in [-0.2, -0.15) is 0 Å². The molecule has 0 heterocycles. The maximum atomic E-state index is 12.5. The van der Waals surface area contributed by atoms with Gasteiger partial charge in [-0.3, -0.25) is 4.79 Å². The van der Waals surface area contributed by atoms with Gasteiger partial charge in [0, 0.05) is 18.4 Å². The Morgan fingerprint density at radius 2 is 1.57 bits per heavy atom. The second-order valence-corrected chi connectivity index (χ2v) is 5.59. The molecule has 0 aliphatic rings. The molecular weight excluding hydrogens is 290 g/mol. The predicted octanol–water partition coefficient (Wildman–Crippen LogP) is 1.86. The summed E-state index contributed by atoms with van der Waals surface area (Å²) < 4.78 is 0. The Bertz CT molecular complexity index is 640. The molecule has 2 atom stereocenters. The summed E-state index contributed by atoms with van der Waals surface area (Å²) in [7, 11) is 0. The molecule has 0 fully saturated rings. The number of carbonyl (C=O) groups excluding carboxylic acids is 2. The average Bonchev–Trinajstić information content (AvgIpc) is 2.58. The van der Waals surface area contributed by atoms with Gasteiger partial charge in [0.1, 0.15) is 0 Å². The zero-order valence-electron chi connectivity index (χ0n) is 13.1. The summed E-state index contributed by atoms with van der Waals surface area (Å²) >= 11 is 0. The summed E-state index contributed by atoms with van der Waals surface area (Å²) in [6.07, 6.45) is -0.295. The topological polar surface area (TPSA) is 69.2 Å². The van der Waals surface area contributed by atoms with Crippen molar-refractivity contribution in [1.29, 1.82) is 0 Å². The van der Waals surface area contributed by atoms with Crippen LogP contribution < -0.4 is 10.4 Å². The Balaban J connectivity index is 2.07. The Morgan fingerprint density at radius 3 is 2.13 bits per heavy atom. The van der Waals surface area contributed by atoms with E-state index in [4.69, 9.17) is 0 Å². The van der Waals surface area contributed by atoms with Gasteiger partial charge in [0.05, 0.1) is 0 Å². The van der Waals surface area contributed by atoms with Crippen LogP contribution in [-0.4, -0.2) is 11.9 Å². The molecule has 0 bridgehead atoms. The molecule has 0 saturated heterocycles. The van der Waals surface area contributed by atoms with Crippen molar-refractivity contribution in [3.05, 3.63) is 71.8 Å². The number of hydrogen-bond donors (Lipinski definition) is 1. The standard InChI is InChI=1S/C19H21NO3/c1-14(16-10-6-3-7-11-16)17(12-18(21)22)19(23)20-13-15-8-4-2-5-9-15/h2-11,14,17H,12-13H2,1H3,(H,20,23)(H,21,22)/p-1/t14-,17-/m0/s1. The number of carbonyl (C=O) groups is 2. The molecule has 1 N–H and O–H groups in total. The summed E-state index contributed by atoms with van der Waals surface area (Å²) in [5.74, 6) is -2.35. The third-order valence-corrected chi connectivity index (χ3v) is 3.96. The van der Waals surface area contributed by atoms with E-state index >= 15 is 0 Å². The molecule has 0 aliphatic carbocycles. The highest BCUT2D eigenvalue weighted by Gasteiger charge is 2.26. The second kappa shape index (κ2) is 8.13. The molecule has 0 unspecified atom stereocenters. The van der Waals surface area contributed by atoms with Crippen LogP contribution in [0.1, 0.15) is 30.4 Å². The van der Waals surface area contributed by atoms with Crippen molar-refractivity contribution < 1.29 is 14.7 Å². The zero-order chi connectivity index (χ0) is 16.7. The summed E-state index contributed by atoms with van der Waals surface area (Å²) in [5.41, 5.74) is 1.91. The summed E-state index contributed by atoms with van der Waals surface area (Å²) in [5, 5.41) is 13.9. The van der Waals surface area contributed by atoms with Crippen molar-refractivity contribution in [2.75, 3.05) is 0 Å². The van der Waals surface area contributed by atoms with E-state index in [2.05, 4.69) is 5.32 Å². The van der Waals surface area contributed by atoms with Crippen molar-refractivity contribution in [3.63, 3.8) is 0 Å². The molecule has 1 amide bonds. The highest BCUT2D eigenvalue weighted by Crippen LogP contribution is 2.27. The zero-order valence-corrected chi connectivity index (χ0v) is 13.1. The normalized spacial score (nSPS) is 13.1. The second-order valence-electron chi connectivity index (χ2n) is 5.59. The maximum Gasteiger partial charge on any atom is 0.224 e. The third-order valence-electron chi connectivity index (χ3n) is 3.96. The van der Waals surface area contributed by atoms with Gasteiger partial charge in [-0.05, 0) is 23.5 Å². The summed E-state index contributed by atoms with van der Waals surface area (Å²) in [6.45, 7) is 2.25. The molecule has 4 nitrogen and oxygen atoms in total. The molecule has 2 aromatic carbocycles. The first-order valence-corrected chi connectivity index (χ1v) is 7.64. The van der Waals surface area contributed by atoms with Crippen LogP contribution >= 0.6 is 0 Å². The van der Waals surface area contributed by atoms with Crippen molar-refractivity contribution in [3.8, 4) is 0 Å². The van der Waals surface area contributed by atoms with Crippen molar-refractivity contribution in [2.24, 2.45) is 5.92 Å². The van der Waals surface area contributed by atoms with Crippen LogP contribution in [0.2, 0.25) is 0 Å². The molecule has 4 heteroatoms. The van der Waals surface area contributed by atoms with E-state index in [9.17, 15) is 14.7 Å². The molecular formula is C19H20NO3-. The molecule has 0 radical (unpaired) electrons.